The fourth-order valence-electron chi connectivity index (χ4n) is 2.30. The molecule has 2 aromatic rings. The van der Waals surface area contributed by atoms with Crippen molar-refractivity contribution in [1.29, 1.82) is 0 Å². The van der Waals surface area contributed by atoms with Gasteiger partial charge in [0.05, 0.1) is 0 Å². The predicted molar refractivity (Wildman–Crippen MR) is 79.5 cm³/mol. The van der Waals surface area contributed by atoms with E-state index in [2.05, 4.69) is 35.6 Å². The number of halogens is 2. The number of hydrogen-bond acceptors (Lipinski definition) is 1. The van der Waals surface area contributed by atoms with Gasteiger partial charge in [-0.1, -0.05) is 41.9 Å². The van der Waals surface area contributed by atoms with Crippen LogP contribution in [-0.4, -0.2) is 6.54 Å². The second-order valence-corrected chi connectivity index (χ2v) is 4.85. The lowest BCUT2D eigenvalue weighted by molar-refractivity contribution is 0.644. The van der Waals surface area contributed by atoms with Gasteiger partial charge in [0.25, 0.3) is 0 Å². The van der Waals surface area contributed by atoms with Crippen molar-refractivity contribution in [3.63, 3.8) is 0 Å². The molecule has 3 heteroatoms. The van der Waals surface area contributed by atoms with Crippen LogP contribution in [-0.2, 0) is 13.0 Å². The molecule has 0 aromatic heterocycles. The van der Waals surface area contributed by atoms with Gasteiger partial charge in [-0.15, -0.1) is 12.4 Å². The van der Waals surface area contributed by atoms with E-state index in [1.54, 1.807) is 0 Å². The lowest BCUT2D eigenvalue weighted by Crippen LogP contribution is -2.23. The summed E-state index contributed by atoms with van der Waals surface area (Å²) >= 11 is 5.91. The number of fused-ring (bicyclic) bond motifs is 1. The zero-order valence-corrected chi connectivity index (χ0v) is 11.5. The number of benzene rings is 2. The second-order valence-electron chi connectivity index (χ2n) is 4.42. The molecule has 2 aromatic carbocycles. The quantitative estimate of drug-likeness (QED) is 0.830. The van der Waals surface area contributed by atoms with Crippen molar-refractivity contribution < 1.29 is 0 Å². The molecule has 0 radical (unpaired) electrons. The van der Waals surface area contributed by atoms with Crippen LogP contribution in [0.5, 0.6) is 0 Å². The van der Waals surface area contributed by atoms with Crippen molar-refractivity contribution in [3.05, 3.63) is 58.6 Å². The summed E-state index contributed by atoms with van der Waals surface area (Å²) in [6.45, 7) is 2.08. The summed E-state index contributed by atoms with van der Waals surface area (Å²) in [6.07, 6.45) is 1.12. The van der Waals surface area contributed by atoms with Crippen LogP contribution in [0.15, 0.2) is 42.5 Å². The molecule has 1 nitrogen and oxygen atoms in total. The highest BCUT2D eigenvalue weighted by Crippen LogP contribution is 2.25. The minimum atomic E-state index is 0. The van der Waals surface area contributed by atoms with E-state index in [-0.39, 0.29) is 12.4 Å². The van der Waals surface area contributed by atoms with Crippen LogP contribution in [0.25, 0.3) is 11.1 Å². The van der Waals surface area contributed by atoms with Gasteiger partial charge in [0.2, 0.25) is 0 Å². The van der Waals surface area contributed by atoms with E-state index in [1.165, 1.54) is 22.3 Å². The third-order valence-corrected chi connectivity index (χ3v) is 3.52. The van der Waals surface area contributed by atoms with Gasteiger partial charge in [0.1, 0.15) is 0 Å². The number of hydrogen-bond donors (Lipinski definition) is 1. The molecule has 0 aliphatic carbocycles. The topological polar surface area (TPSA) is 12.0 Å². The summed E-state index contributed by atoms with van der Waals surface area (Å²) in [5.74, 6) is 0. The molecule has 1 N–H and O–H groups in total. The Labute approximate surface area is 119 Å². The lowest BCUT2D eigenvalue weighted by atomic mass is 9.95. The van der Waals surface area contributed by atoms with E-state index < -0.39 is 0 Å². The molecule has 0 saturated heterocycles. The molecule has 0 atom stereocenters. The maximum absolute atomic E-state index is 5.91. The van der Waals surface area contributed by atoms with E-state index in [0.717, 1.165) is 24.5 Å². The van der Waals surface area contributed by atoms with Crippen LogP contribution in [0.2, 0.25) is 5.02 Å². The Morgan fingerprint density at radius 3 is 2.39 bits per heavy atom. The smallest absolute Gasteiger partial charge is 0.0406 e. The molecule has 1 heterocycles. The Balaban J connectivity index is 0.00000120. The molecule has 3 rings (SSSR count). The third-order valence-electron chi connectivity index (χ3n) is 3.27. The maximum Gasteiger partial charge on any atom is 0.0406 e. The van der Waals surface area contributed by atoms with Gasteiger partial charge in [-0.3, -0.25) is 0 Å². The van der Waals surface area contributed by atoms with Crippen molar-refractivity contribution in [2.75, 3.05) is 6.54 Å². The monoisotopic (exact) mass is 279 g/mol. The van der Waals surface area contributed by atoms with Crippen LogP contribution < -0.4 is 5.32 Å². The molecule has 0 fully saturated rings. The average molecular weight is 280 g/mol. The lowest BCUT2D eigenvalue weighted by Gasteiger charge is -2.18. The Kier molecular flexibility index (Phi) is 4.28. The summed E-state index contributed by atoms with van der Waals surface area (Å²) in [7, 11) is 0. The maximum atomic E-state index is 5.91. The van der Waals surface area contributed by atoms with Crippen molar-refractivity contribution in [2.45, 2.75) is 13.0 Å². The Morgan fingerprint density at radius 2 is 1.61 bits per heavy atom. The van der Waals surface area contributed by atoms with E-state index >= 15 is 0 Å². The van der Waals surface area contributed by atoms with Crippen molar-refractivity contribution >= 4 is 24.0 Å². The van der Waals surface area contributed by atoms with Gasteiger partial charge >= 0.3 is 0 Å². The highest BCUT2D eigenvalue weighted by molar-refractivity contribution is 6.30. The summed E-state index contributed by atoms with van der Waals surface area (Å²) < 4.78 is 0. The molecule has 94 valence electrons. The molecule has 1 aliphatic rings. The van der Waals surface area contributed by atoms with Gasteiger partial charge in [0, 0.05) is 11.6 Å². The van der Waals surface area contributed by atoms with Crippen LogP contribution in [0.3, 0.4) is 0 Å². The Morgan fingerprint density at radius 1 is 0.889 bits per heavy atom. The van der Waals surface area contributed by atoms with Crippen LogP contribution >= 0.6 is 24.0 Å². The molecule has 0 bridgehead atoms. The first-order chi connectivity index (χ1) is 8.33. The minimum Gasteiger partial charge on any atom is -0.312 e. The van der Waals surface area contributed by atoms with Gasteiger partial charge in [-0.2, -0.15) is 0 Å². The molecule has 1 aliphatic heterocycles. The van der Waals surface area contributed by atoms with E-state index in [9.17, 15) is 0 Å². The standard InChI is InChI=1S/C15H14ClN.ClH/c16-15-5-3-11(4-6-15)12-1-2-14-10-17-8-7-13(14)9-12;/h1-6,9,17H,7-8,10H2;1H. The minimum absolute atomic E-state index is 0. The normalized spacial score (nSPS) is 13.6. The van der Waals surface area contributed by atoms with Crippen molar-refractivity contribution in [3.8, 4) is 11.1 Å². The van der Waals surface area contributed by atoms with E-state index in [1.807, 2.05) is 12.1 Å². The van der Waals surface area contributed by atoms with Gasteiger partial charge < -0.3 is 5.32 Å². The Hall–Kier alpha value is -1.02. The highest BCUT2D eigenvalue weighted by Gasteiger charge is 2.09. The average Bonchev–Trinajstić information content (AvgIpc) is 2.39. The molecule has 18 heavy (non-hydrogen) atoms. The largest absolute Gasteiger partial charge is 0.312 e. The number of nitrogens with one attached hydrogen (secondary N) is 1. The van der Waals surface area contributed by atoms with Crippen LogP contribution in [0, 0.1) is 0 Å². The summed E-state index contributed by atoms with van der Waals surface area (Å²) in [4.78, 5) is 0. The summed E-state index contributed by atoms with van der Waals surface area (Å²) in [5.41, 5.74) is 5.41. The zero-order chi connectivity index (χ0) is 11.7. The Bertz CT molecular complexity index is 535. The van der Waals surface area contributed by atoms with Crippen molar-refractivity contribution in [1.82, 2.24) is 5.32 Å². The van der Waals surface area contributed by atoms with Gasteiger partial charge in [-0.25, -0.2) is 0 Å². The van der Waals surface area contributed by atoms with Crippen LogP contribution in [0.1, 0.15) is 11.1 Å². The second kappa shape index (κ2) is 5.75. The zero-order valence-electron chi connectivity index (χ0n) is 9.95. The molecular weight excluding hydrogens is 265 g/mol. The van der Waals surface area contributed by atoms with E-state index in [4.69, 9.17) is 11.6 Å². The number of rotatable bonds is 1. The van der Waals surface area contributed by atoms with Gasteiger partial charge in [0.15, 0.2) is 0 Å². The van der Waals surface area contributed by atoms with Crippen LogP contribution in [0.4, 0.5) is 0 Å². The molecular formula is C15H15Cl2N. The fraction of sp³-hybridized carbons (Fsp3) is 0.200. The first-order valence-corrected chi connectivity index (χ1v) is 6.29. The summed E-state index contributed by atoms with van der Waals surface area (Å²) in [5, 5.41) is 4.18. The molecule has 0 spiro atoms. The van der Waals surface area contributed by atoms with Gasteiger partial charge in [-0.05, 0) is 47.4 Å². The van der Waals surface area contributed by atoms with E-state index in [0.29, 0.717) is 0 Å². The fourth-order valence-corrected chi connectivity index (χ4v) is 2.43. The molecule has 0 amide bonds. The predicted octanol–water partition coefficient (Wildman–Crippen LogP) is 4.07. The first kappa shape index (κ1) is 13.4. The van der Waals surface area contributed by atoms with Crippen molar-refractivity contribution in [2.24, 2.45) is 0 Å². The third kappa shape index (κ3) is 2.69. The molecule has 0 unspecified atom stereocenters. The SMILES string of the molecule is Cl.Clc1ccc(-c2ccc3c(c2)CCNC3)cc1. The molecule has 0 saturated carbocycles. The first-order valence-electron chi connectivity index (χ1n) is 5.91. The summed E-state index contributed by atoms with van der Waals surface area (Å²) in [6, 6.07) is 14.8. The highest BCUT2D eigenvalue weighted by atomic mass is 35.5.